The summed E-state index contributed by atoms with van der Waals surface area (Å²) in [5, 5.41) is 5.20. The molecule has 0 aliphatic rings. The number of rotatable bonds is 5. The first-order valence-corrected chi connectivity index (χ1v) is 5.81. The van der Waals surface area contributed by atoms with Crippen LogP contribution < -0.4 is 10.6 Å². The fraction of sp³-hybridized carbons (Fsp3) is 0.308. The lowest BCUT2D eigenvalue weighted by atomic mass is 10.2. The number of carbonyl (C=O) groups is 3. The van der Waals surface area contributed by atoms with Gasteiger partial charge >= 0.3 is 5.97 Å². The molecule has 1 rings (SSSR count). The quantitative estimate of drug-likeness (QED) is 0.612. The van der Waals surface area contributed by atoms with E-state index in [4.69, 9.17) is 0 Å². The molecule has 0 atom stereocenters. The third-order valence-electron chi connectivity index (χ3n) is 2.30. The maximum atomic E-state index is 11.5. The molecule has 1 aromatic rings. The maximum Gasteiger partial charge on any atom is 0.315 e. The molecule has 0 saturated heterocycles. The van der Waals surface area contributed by atoms with Crippen LogP contribution in [0.25, 0.3) is 0 Å². The third kappa shape index (κ3) is 4.79. The number of anilines is 1. The summed E-state index contributed by atoms with van der Waals surface area (Å²) in [5.74, 6) is -1.23. The van der Waals surface area contributed by atoms with Gasteiger partial charge in [0.05, 0.1) is 7.11 Å². The Labute approximate surface area is 111 Å². The number of nitrogens with one attached hydrogen (secondary N) is 2. The topological polar surface area (TPSA) is 84.5 Å². The summed E-state index contributed by atoms with van der Waals surface area (Å²) < 4.78 is 4.38. The van der Waals surface area contributed by atoms with E-state index in [1.165, 1.54) is 7.11 Å². The first-order chi connectivity index (χ1) is 9.06. The van der Waals surface area contributed by atoms with E-state index in [0.29, 0.717) is 17.8 Å². The van der Waals surface area contributed by atoms with Crippen LogP contribution >= 0.6 is 0 Å². The van der Waals surface area contributed by atoms with Gasteiger partial charge in [-0.25, -0.2) is 0 Å². The molecule has 0 aliphatic carbocycles. The fourth-order valence-electron chi connectivity index (χ4n) is 1.38. The largest absolute Gasteiger partial charge is 0.469 e. The minimum atomic E-state index is -0.601. The molecule has 0 bridgehead atoms. The Hall–Kier alpha value is -2.37. The lowest BCUT2D eigenvalue weighted by Crippen LogP contribution is -2.22. The molecule has 0 fully saturated rings. The van der Waals surface area contributed by atoms with Crippen molar-refractivity contribution in [2.45, 2.75) is 13.3 Å². The molecule has 0 unspecified atom stereocenters. The van der Waals surface area contributed by atoms with Crippen molar-refractivity contribution in [1.82, 2.24) is 5.32 Å². The predicted octanol–water partition coefficient (Wildman–Crippen LogP) is 0.938. The van der Waals surface area contributed by atoms with Crippen LogP contribution in [0.15, 0.2) is 24.3 Å². The predicted molar refractivity (Wildman–Crippen MR) is 69.7 cm³/mol. The zero-order valence-corrected chi connectivity index (χ0v) is 10.9. The Bertz CT molecular complexity index is 468. The molecule has 0 saturated carbocycles. The SMILES string of the molecule is CCNC(=O)c1ccc(NC(=O)CC(=O)OC)cc1. The highest BCUT2D eigenvalue weighted by Crippen LogP contribution is 2.10. The van der Waals surface area contributed by atoms with Gasteiger partial charge < -0.3 is 15.4 Å². The van der Waals surface area contributed by atoms with Crippen LogP contribution in [0.1, 0.15) is 23.7 Å². The zero-order chi connectivity index (χ0) is 14.3. The molecule has 0 heterocycles. The van der Waals surface area contributed by atoms with Crippen molar-refractivity contribution >= 4 is 23.5 Å². The van der Waals surface area contributed by atoms with Crippen molar-refractivity contribution in [3.05, 3.63) is 29.8 Å². The van der Waals surface area contributed by atoms with Gasteiger partial charge in [-0.05, 0) is 31.2 Å². The number of benzene rings is 1. The van der Waals surface area contributed by atoms with Crippen molar-refractivity contribution in [2.75, 3.05) is 19.0 Å². The highest BCUT2D eigenvalue weighted by Gasteiger charge is 2.10. The molecule has 2 N–H and O–H groups in total. The standard InChI is InChI=1S/C13H16N2O4/c1-3-14-13(18)9-4-6-10(7-5-9)15-11(16)8-12(17)19-2/h4-7H,3,8H2,1-2H3,(H,14,18)(H,15,16). The van der Waals surface area contributed by atoms with E-state index < -0.39 is 11.9 Å². The van der Waals surface area contributed by atoms with Crippen molar-refractivity contribution in [2.24, 2.45) is 0 Å². The summed E-state index contributed by atoms with van der Waals surface area (Å²) in [6, 6.07) is 6.39. The summed E-state index contributed by atoms with van der Waals surface area (Å²) in [4.78, 5) is 33.8. The second-order valence-electron chi connectivity index (χ2n) is 3.74. The minimum absolute atomic E-state index is 0.171. The monoisotopic (exact) mass is 264 g/mol. The molecule has 0 radical (unpaired) electrons. The second kappa shape index (κ2) is 7.15. The van der Waals surface area contributed by atoms with Gasteiger partial charge in [0.2, 0.25) is 5.91 Å². The van der Waals surface area contributed by atoms with Gasteiger partial charge in [0, 0.05) is 17.8 Å². The van der Waals surface area contributed by atoms with E-state index in [1.807, 2.05) is 6.92 Å². The summed E-state index contributed by atoms with van der Waals surface area (Å²) in [5.41, 5.74) is 1.02. The molecular weight excluding hydrogens is 248 g/mol. The summed E-state index contributed by atoms with van der Waals surface area (Å²) in [6.45, 7) is 2.38. The van der Waals surface area contributed by atoms with E-state index in [2.05, 4.69) is 15.4 Å². The number of methoxy groups -OCH3 is 1. The van der Waals surface area contributed by atoms with Crippen LogP contribution in [-0.2, 0) is 14.3 Å². The van der Waals surface area contributed by atoms with Crippen LogP contribution in [0.5, 0.6) is 0 Å². The molecule has 6 nitrogen and oxygen atoms in total. The van der Waals surface area contributed by atoms with E-state index in [0.717, 1.165) is 0 Å². The van der Waals surface area contributed by atoms with Crippen molar-refractivity contribution in [3.8, 4) is 0 Å². The second-order valence-corrected chi connectivity index (χ2v) is 3.74. The van der Waals surface area contributed by atoms with Gasteiger partial charge in [0.1, 0.15) is 6.42 Å². The molecule has 0 spiro atoms. The normalized spacial score (nSPS) is 9.58. The average molecular weight is 264 g/mol. The van der Waals surface area contributed by atoms with Gasteiger partial charge in [0.15, 0.2) is 0 Å². The molecule has 6 heteroatoms. The smallest absolute Gasteiger partial charge is 0.315 e. The van der Waals surface area contributed by atoms with Crippen molar-refractivity contribution in [1.29, 1.82) is 0 Å². The van der Waals surface area contributed by atoms with Crippen LogP contribution in [0, 0.1) is 0 Å². The van der Waals surface area contributed by atoms with Crippen molar-refractivity contribution in [3.63, 3.8) is 0 Å². The zero-order valence-electron chi connectivity index (χ0n) is 10.9. The van der Waals surface area contributed by atoms with Crippen LogP contribution in [-0.4, -0.2) is 31.4 Å². The molecular formula is C13H16N2O4. The molecule has 0 aliphatic heterocycles. The Morgan fingerprint density at radius 2 is 1.79 bits per heavy atom. The minimum Gasteiger partial charge on any atom is -0.469 e. The summed E-state index contributed by atoms with van der Waals surface area (Å²) >= 11 is 0. The van der Waals surface area contributed by atoms with Gasteiger partial charge in [-0.2, -0.15) is 0 Å². The van der Waals surface area contributed by atoms with E-state index in [1.54, 1.807) is 24.3 Å². The number of esters is 1. The molecule has 0 aromatic heterocycles. The van der Waals surface area contributed by atoms with Crippen LogP contribution in [0.2, 0.25) is 0 Å². The molecule has 102 valence electrons. The van der Waals surface area contributed by atoms with Crippen molar-refractivity contribution < 1.29 is 19.1 Å². The highest BCUT2D eigenvalue weighted by atomic mass is 16.5. The van der Waals surface area contributed by atoms with Gasteiger partial charge in [-0.1, -0.05) is 0 Å². The van der Waals surface area contributed by atoms with Gasteiger partial charge in [-0.3, -0.25) is 14.4 Å². The molecule has 1 aromatic carbocycles. The van der Waals surface area contributed by atoms with Crippen LogP contribution in [0.3, 0.4) is 0 Å². The summed E-state index contributed by atoms with van der Waals surface area (Å²) in [7, 11) is 1.22. The van der Waals surface area contributed by atoms with E-state index in [9.17, 15) is 14.4 Å². The third-order valence-corrected chi connectivity index (χ3v) is 2.30. The fourth-order valence-corrected chi connectivity index (χ4v) is 1.38. The number of hydrogen-bond donors (Lipinski definition) is 2. The Kier molecular flexibility index (Phi) is 5.53. The number of ether oxygens (including phenoxy) is 1. The Morgan fingerprint density at radius 3 is 2.32 bits per heavy atom. The first kappa shape index (κ1) is 14.7. The molecule has 2 amide bonds. The van der Waals surface area contributed by atoms with Gasteiger partial charge in [0.25, 0.3) is 5.91 Å². The Morgan fingerprint density at radius 1 is 1.16 bits per heavy atom. The van der Waals surface area contributed by atoms with Crippen LogP contribution in [0.4, 0.5) is 5.69 Å². The number of hydrogen-bond acceptors (Lipinski definition) is 4. The first-order valence-electron chi connectivity index (χ1n) is 5.81. The highest BCUT2D eigenvalue weighted by molar-refractivity contribution is 6.02. The Balaban J connectivity index is 2.59. The lowest BCUT2D eigenvalue weighted by Gasteiger charge is -2.06. The number of amides is 2. The average Bonchev–Trinajstić information content (AvgIpc) is 2.39. The summed E-state index contributed by atoms with van der Waals surface area (Å²) in [6.07, 6.45) is -0.339. The van der Waals surface area contributed by atoms with E-state index >= 15 is 0 Å². The van der Waals surface area contributed by atoms with Gasteiger partial charge in [-0.15, -0.1) is 0 Å². The number of carbonyl (C=O) groups excluding carboxylic acids is 3. The van der Waals surface area contributed by atoms with E-state index in [-0.39, 0.29) is 12.3 Å². The lowest BCUT2D eigenvalue weighted by molar-refractivity contribution is -0.142. The maximum absolute atomic E-state index is 11.5. The molecule has 19 heavy (non-hydrogen) atoms.